The summed E-state index contributed by atoms with van der Waals surface area (Å²) in [6, 6.07) is 9.68. The molecule has 0 radical (unpaired) electrons. The van der Waals surface area contributed by atoms with Crippen molar-refractivity contribution in [3.05, 3.63) is 30.3 Å². The van der Waals surface area contributed by atoms with Gasteiger partial charge in [0.2, 0.25) is 6.10 Å². The largest absolute Gasteiger partial charge is 0.501 e. The zero-order chi connectivity index (χ0) is 18.7. The van der Waals surface area contributed by atoms with E-state index in [4.69, 9.17) is 18.0 Å². The molecular weight excluding hydrogens is 348 g/mol. The third-order valence-corrected chi connectivity index (χ3v) is 6.19. The van der Waals surface area contributed by atoms with Crippen LogP contribution in [0.2, 0.25) is 6.04 Å². The van der Waals surface area contributed by atoms with Crippen LogP contribution in [-0.2, 0) is 32.3 Å². The molecule has 0 atom stereocenters. The topological polar surface area (TPSA) is 89.5 Å². The molecule has 1 rings (SSSR count). The summed E-state index contributed by atoms with van der Waals surface area (Å²) in [6.45, 7) is 0.399. The van der Waals surface area contributed by atoms with Gasteiger partial charge in [0.1, 0.15) is 5.75 Å². The Morgan fingerprint density at radius 2 is 1.52 bits per heavy atom. The van der Waals surface area contributed by atoms with Gasteiger partial charge in [-0.2, -0.15) is 0 Å². The molecule has 0 aliphatic rings. The normalized spacial score (nSPS) is 11.2. The number of hydrogen-bond donors (Lipinski definition) is 0. The number of para-hydroxylation sites is 1. The van der Waals surface area contributed by atoms with E-state index in [1.54, 1.807) is 0 Å². The average Bonchev–Trinajstić information content (AvgIpc) is 2.67. The van der Waals surface area contributed by atoms with Gasteiger partial charge < -0.3 is 27.5 Å². The van der Waals surface area contributed by atoms with Crippen LogP contribution in [0.1, 0.15) is 6.42 Å². The molecule has 140 valence electrons. The van der Waals surface area contributed by atoms with E-state index in [-0.39, 0.29) is 0 Å². The van der Waals surface area contributed by atoms with Crippen molar-refractivity contribution in [3.63, 3.8) is 0 Å². The highest BCUT2D eigenvalue weighted by Crippen LogP contribution is 2.20. The Kier molecular flexibility index (Phi) is 9.14. The molecule has 1 aromatic rings. The molecule has 0 aliphatic heterocycles. The number of carbonyl (C=O) groups excluding carboxylic acids is 2. The van der Waals surface area contributed by atoms with Crippen LogP contribution in [-0.4, -0.2) is 61.9 Å². The fraction of sp³-hybridized carbons (Fsp3) is 0.500. The number of carbonyl (C=O) groups is 2. The fourth-order valence-corrected chi connectivity index (χ4v) is 4.04. The van der Waals surface area contributed by atoms with Gasteiger partial charge in [0.25, 0.3) is 0 Å². The Morgan fingerprint density at radius 3 is 2.00 bits per heavy atom. The van der Waals surface area contributed by atoms with Gasteiger partial charge in [0.05, 0.1) is 20.8 Å². The van der Waals surface area contributed by atoms with E-state index in [0.29, 0.717) is 19.1 Å². The van der Waals surface area contributed by atoms with Crippen LogP contribution in [0.15, 0.2) is 30.3 Å². The van der Waals surface area contributed by atoms with Gasteiger partial charge >= 0.3 is 20.7 Å². The molecule has 9 heteroatoms. The number of rotatable bonds is 11. The average molecular weight is 372 g/mol. The first kappa shape index (κ1) is 21.1. The molecule has 0 unspecified atom stereocenters. The summed E-state index contributed by atoms with van der Waals surface area (Å²) in [4.78, 5) is 23.6. The summed E-state index contributed by atoms with van der Waals surface area (Å²) in [5.74, 6) is -1.01. The number of benzene rings is 1. The number of hydrogen-bond acceptors (Lipinski definition) is 8. The van der Waals surface area contributed by atoms with Crippen molar-refractivity contribution in [2.45, 2.75) is 18.6 Å². The minimum Gasteiger partial charge on any atom is -0.494 e. The van der Waals surface area contributed by atoms with Gasteiger partial charge in [-0.05, 0) is 18.6 Å². The predicted octanol–water partition coefficient (Wildman–Crippen LogP) is 1.42. The number of methoxy groups -OCH3 is 2. The maximum atomic E-state index is 11.8. The van der Waals surface area contributed by atoms with Crippen molar-refractivity contribution >= 4 is 20.7 Å². The van der Waals surface area contributed by atoms with Gasteiger partial charge in [-0.3, -0.25) is 0 Å². The van der Waals surface area contributed by atoms with Gasteiger partial charge in [-0.1, -0.05) is 18.2 Å². The highest BCUT2D eigenvalue weighted by Gasteiger charge is 2.46. The van der Waals surface area contributed by atoms with Crippen molar-refractivity contribution in [1.29, 1.82) is 0 Å². The molecule has 0 aliphatic carbocycles. The lowest BCUT2D eigenvalue weighted by Gasteiger charge is -2.28. The van der Waals surface area contributed by atoms with Crippen LogP contribution in [0.3, 0.4) is 0 Å². The molecule has 1 aromatic carbocycles. The molecule has 25 heavy (non-hydrogen) atoms. The van der Waals surface area contributed by atoms with E-state index in [0.717, 1.165) is 20.0 Å². The van der Waals surface area contributed by atoms with Gasteiger partial charge in [0.15, 0.2) is 0 Å². The van der Waals surface area contributed by atoms with Crippen molar-refractivity contribution in [2.75, 3.05) is 35.0 Å². The zero-order valence-corrected chi connectivity index (χ0v) is 15.9. The molecule has 0 N–H and O–H groups in total. The first-order valence-electron chi connectivity index (χ1n) is 7.63. The third-order valence-electron chi connectivity index (χ3n) is 3.39. The molecule has 0 saturated carbocycles. The Morgan fingerprint density at radius 1 is 0.960 bits per heavy atom. The standard InChI is InChI=1S/C16H24O8Si/c1-19-15(17)14(16(18)20-2)24-25(21-3,22-4)12-8-11-23-13-9-6-5-7-10-13/h5-7,9-10,14H,8,11-12H2,1-4H3. The highest BCUT2D eigenvalue weighted by molar-refractivity contribution is 6.61. The summed E-state index contributed by atoms with van der Waals surface area (Å²) in [6.07, 6.45) is -1.02. The molecule has 0 aromatic heterocycles. The summed E-state index contributed by atoms with van der Waals surface area (Å²) in [5, 5.41) is 0. The van der Waals surface area contributed by atoms with Crippen LogP contribution in [0.4, 0.5) is 0 Å². The summed E-state index contributed by atoms with van der Waals surface area (Å²) < 4.78 is 31.1. The maximum Gasteiger partial charge on any atom is 0.501 e. The van der Waals surface area contributed by atoms with E-state index in [2.05, 4.69) is 9.47 Å². The van der Waals surface area contributed by atoms with E-state index < -0.39 is 26.8 Å². The molecular formula is C16H24O8Si. The Balaban J connectivity index is 2.67. The molecule has 0 bridgehead atoms. The quantitative estimate of drug-likeness (QED) is 0.249. The first-order chi connectivity index (χ1) is 12.0. The van der Waals surface area contributed by atoms with Crippen LogP contribution >= 0.6 is 0 Å². The van der Waals surface area contributed by atoms with E-state index >= 15 is 0 Å². The fourth-order valence-electron chi connectivity index (χ4n) is 2.02. The smallest absolute Gasteiger partial charge is 0.494 e. The SMILES string of the molecule is COC(=O)C(O[Si](CCCOc1ccccc1)(OC)OC)C(=O)OC. The third kappa shape index (κ3) is 6.46. The monoisotopic (exact) mass is 372 g/mol. The highest BCUT2D eigenvalue weighted by atomic mass is 28.4. The molecule has 0 spiro atoms. The predicted molar refractivity (Wildman–Crippen MR) is 90.0 cm³/mol. The maximum absolute atomic E-state index is 11.8. The second-order valence-corrected chi connectivity index (χ2v) is 7.82. The molecule has 8 nitrogen and oxygen atoms in total. The summed E-state index contributed by atoms with van der Waals surface area (Å²) in [7, 11) is 1.82. The number of esters is 2. The van der Waals surface area contributed by atoms with E-state index in [1.165, 1.54) is 14.2 Å². The minimum atomic E-state index is -3.28. The van der Waals surface area contributed by atoms with E-state index in [1.807, 2.05) is 30.3 Å². The Labute approximate surface area is 148 Å². The Hall–Kier alpha value is -1.94. The second-order valence-electron chi connectivity index (χ2n) is 4.90. The van der Waals surface area contributed by atoms with E-state index in [9.17, 15) is 9.59 Å². The lowest BCUT2D eigenvalue weighted by atomic mass is 10.3. The number of ether oxygens (including phenoxy) is 3. The van der Waals surface area contributed by atoms with Crippen LogP contribution in [0, 0.1) is 0 Å². The first-order valence-corrected chi connectivity index (χ1v) is 9.56. The van der Waals surface area contributed by atoms with Crippen LogP contribution in [0.5, 0.6) is 5.75 Å². The second kappa shape index (κ2) is 10.8. The lowest BCUT2D eigenvalue weighted by molar-refractivity contribution is -0.166. The lowest BCUT2D eigenvalue weighted by Crippen LogP contribution is -2.51. The van der Waals surface area contributed by atoms with Crippen molar-refractivity contribution in [1.82, 2.24) is 0 Å². The van der Waals surface area contributed by atoms with Crippen molar-refractivity contribution in [3.8, 4) is 5.75 Å². The van der Waals surface area contributed by atoms with Gasteiger partial charge in [0, 0.05) is 20.3 Å². The molecule has 0 fully saturated rings. The molecule has 0 heterocycles. The molecule has 0 amide bonds. The van der Waals surface area contributed by atoms with Gasteiger partial charge in [-0.25, -0.2) is 9.59 Å². The van der Waals surface area contributed by atoms with Gasteiger partial charge in [-0.15, -0.1) is 0 Å². The molecule has 0 saturated heterocycles. The zero-order valence-electron chi connectivity index (χ0n) is 14.9. The van der Waals surface area contributed by atoms with Crippen molar-refractivity contribution in [2.24, 2.45) is 0 Å². The summed E-state index contributed by atoms with van der Waals surface area (Å²) >= 11 is 0. The van der Waals surface area contributed by atoms with Crippen LogP contribution in [0.25, 0.3) is 0 Å². The Bertz CT molecular complexity index is 516. The summed E-state index contributed by atoms with van der Waals surface area (Å²) in [5.41, 5.74) is 0. The van der Waals surface area contributed by atoms with Crippen LogP contribution < -0.4 is 4.74 Å². The minimum absolute atomic E-state index is 0.345. The van der Waals surface area contributed by atoms with Crippen molar-refractivity contribution < 1.29 is 37.1 Å².